The maximum absolute atomic E-state index is 13.9. The van der Waals surface area contributed by atoms with Gasteiger partial charge < -0.3 is 10.4 Å². The van der Waals surface area contributed by atoms with Crippen molar-refractivity contribution in [3.63, 3.8) is 0 Å². The van der Waals surface area contributed by atoms with Crippen LogP contribution in [0.1, 0.15) is 18.4 Å². The van der Waals surface area contributed by atoms with Crippen molar-refractivity contribution in [1.29, 1.82) is 0 Å². The van der Waals surface area contributed by atoms with E-state index in [1.165, 1.54) is 12.4 Å². The van der Waals surface area contributed by atoms with Crippen LogP contribution in [0.5, 0.6) is 0 Å². The number of nitrogens with zero attached hydrogens (tertiary/aromatic N) is 3. The number of halogens is 1. The first-order valence-electron chi connectivity index (χ1n) is 9.30. The Balaban J connectivity index is 1.45. The molecule has 2 aromatic rings. The lowest BCUT2D eigenvalue weighted by Crippen LogP contribution is -2.43. The third-order valence-corrected chi connectivity index (χ3v) is 5.67. The number of fused-ring (bicyclic) bond motifs is 1. The molecule has 1 aliphatic heterocycles. The van der Waals surface area contributed by atoms with Crippen LogP contribution in [0.4, 0.5) is 21.7 Å². The third-order valence-electron chi connectivity index (χ3n) is 5.21. The molecule has 1 aliphatic carbocycles. The van der Waals surface area contributed by atoms with Gasteiger partial charge in [0.25, 0.3) is 0 Å². The Morgan fingerprint density at radius 3 is 2.90 bits per heavy atom. The van der Waals surface area contributed by atoms with Crippen LogP contribution in [-0.4, -0.2) is 42.2 Å². The van der Waals surface area contributed by atoms with Crippen LogP contribution in [-0.2, 0) is 21.0 Å². The zero-order valence-corrected chi connectivity index (χ0v) is 16.6. The fourth-order valence-electron chi connectivity index (χ4n) is 3.71. The lowest BCUT2D eigenvalue weighted by atomic mass is 10.1. The van der Waals surface area contributed by atoms with Crippen molar-refractivity contribution >= 4 is 27.6 Å². The molecule has 11 nitrogen and oxygen atoms in total. The van der Waals surface area contributed by atoms with Crippen LogP contribution in [0.25, 0.3) is 0 Å². The van der Waals surface area contributed by atoms with Crippen molar-refractivity contribution in [2.75, 3.05) is 22.4 Å². The second kappa shape index (κ2) is 8.28. The van der Waals surface area contributed by atoms with E-state index in [0.29, 0.717) is 35.7 Å². The number of hydrogen-bond donors (Lipinski definition) is 5. The average molecular weight is 439 g/mol. The number of aliphatic hydroxyl groups is 1. The summed E-state index contributed by atoms with van der Waals surface area (Å²) in [5, 5.41) is 20.0. The second-order valence-electron chi connectivity index (χ2n) is 7.20. The van der Waals surface area contributed by atoms with E-state index in [2.05, 4.69) is 30.4 Å². The molecule has 1 fully saturated rings. The largest absolute Gasteiger partial charge is 0.393 e. The summed E-state index contributed by atoms with van der Waals surface area (Å²) in [6, 6.07) is 6.29. The first kappa shape index (κ1) is 20.7. The number of nitrogens with one attached hydrogen (secondary N) is 3. The number of nitrogens with two attached hydrogens (primary N) is 1. The van der Waals surface area contributed by atoms with Crippen molar-refractivity contribution < 1.29 is 22.1 Å². The lowest BCUT2D eigenvalue weighted by molar-refractivity contribution is 0.101. The van der Waals surface area contributed by atoms with Crippen LogP contribution in [0.3, 0.4) is 0 Å². The molecule has 3 atom stereocenters. The zero-order valence-electron chi connectivity index (χ0n) is 15.8. The molecular weight excluding hydrogens is 417 g/mol. The SMILES string of the molecule is NS(=O)(=O)OCC1CC(N2NNc3c(NCc4ccccc4F)ncnc32)CC1O. The Morgan fingerprint density at radius 2 is 2.13 bits per heavy atom. The molecular formula is C17H22FN7O4S. The molecule has 1 aromatic heterocycles. The van der Waals surface area contributed by atoms with E-state index < -0.39 is 16.4 Å². The average Bonchev–Trinajstić information content (AvgIpc) is 3.29. The summed E-state index contributed by atoms with van der Waals surface area (Å²) in [6.45, 7) is 0.0524. The minimum atomic E-state index is -4.07. The molecule has 2 aliphatic rings. The number of benzene rings is 1. The van der Waals surface area contributed by atoms with Crippen LogP contribution in [0.2, 0.25) is 0 Å². The molecule has 1 saturated carbocycles. The highest BCUT2D eigenvalue weighted by molar-refractivity contribution is 7.84. The molecule has 2 heterocycles. The predicted octanol–water partition coefficient (Wildman–Crippen LogP) is 0.239. The quantitative estimate of drug-likeness (QED) is 0.405. The first-order valence-corrected chi connectivity index (χ1v) is 10.8. The zero-order chi connectivity index (χ0) is 21.3. The summed E-state index contributed by atoms with van der Waals surface area (Å²) < 4.78 is 40.5. The molecule has 0 saturated heterocycles. The van der Waals surface area contributed by atoms with E-state index in [-0.39, 0.29) is 30.9 Å². The molecule has 13 heteroatoms. The van der Waals surface area contributed by atoms with Gasteiger partial charge in [0.1, 0.15) is 17.8 Å². The second-order valence-corrected chi connectivity index (χ2v) is 8.42. The van der Waals surface area contributed by atoms with Gasteiger partial charge in [-0.05, 0) is 18.9 Å². The van der Waals surface area contributed by atoms with Gasteiger partial charge >= 0.3 is 10.3 Å². The minimum Gasteiger partial charge on any atom is -0.393 e. The molecule has 0 radical (unpaired) electrons. The van der Waals surface area contributed by atoms with Gasteiger partial charge in [-0.2, -0.15) is 8.42 Å². The molecule has 4 rings (SSSR count). The van der Waals surface area contributed by atoms with Crippen LogP contribution in [0, 0.1) is 11.7 Å². The van der Waals surface area contributed by atoms with Gasteiger partial charge in [0.05, 0.1) is 18.8 Å². The Morgan fingerprint density at radius 1 is 1.33 bits per heavy atom. The fourth-order valence-corrected chi connectivity index (χ4v) is 4.07. The van der Waals surface area contributed by atoms with E-state index in [1.54, 1.807) is 23.2 Å². The molecule has 6 N–H and O–H groups in total. The van der Waals surface area contributed by atoms with Gasteiger partial charge in [0.2, 0.25) is 0 Å². The molecule has 162 valence electrons. The van der Waals surface area contributed by atoms with Gasteiger partial charge in [0, 0.05) is 18.0 Å². The molecule has 0 amide bonds. The Kier molecular flexibility index (Phi) is 5.71. The standard InChI is InChI=1S/C17H22FN7O4S/c18-13-4-2-1-3-10(13)7-20-16-15-17(22-9-21-16)25(24-23-15)12-5-11(14(26)6-12)8-29-30(19,27)28/h1-4,9,11-12,14,23-24,26H,5-8H2,(H2,19,27,28)(H,20,21,22). The van der Waals surface area contributed by atoms with Gasteiger partial charge in [0.15, 0.2) is 11.6 Å². The van der Waals surface area contributed by atoms with Crippen LogP contribution in [0.15, 0.2) is 30.6 Å². The number of rotatable bonds is 7. The third kappa shape index (κ3) is 4.44. The summed E-state index contributed by atoms with van der Waals surface area (Å²) in [6.07, 6.45) is 1.49. The fraction of sp³-hybridized carbons (Fsp3) is 0.412. The Labute approximate surface area is 172 Å². The van der Waals surface area contributed by atoms with E-state index in [4.69, 9.17) is 5.14 Å². The smallest absolute Gasteiger partial charge is 0.333 e. The topological polar surface area (TPSA) is 155 Å². The number of anilines is 3. The van der Waals surface area contributed by atoms with Gasteiger partial charge in [-0.3, -0.25) is 14.6 Å². The predicted molar refractivity (Wildman–Crippen MR) is 107 cm³/mol. The van der Waals surface area contributed by atoms with E-state index in [0.717, 1.165) is 0 Å². The number of hydrazine groups is 2. The van der Waals surface area contributed by atoms with Gasteiger partial charge in [-0.25, -0.2) is 19.5 Å². The highest BCUT2D eigenvalue weighted by Gasteiger charge is 2.40. The van der Waals surface area contributed by atoms with Crippen molar-refractivity contribution in [2.24, 2.45) is 11.1 Å². The number of hydrogen-bond acceptors (Lipinski definition) is 10. The Bertz CT molecular complexity index is 1020. The molecule has 0 bridgehead atoms. The molecule has 30 heavy (non-hydrogen) atoms. The maximum atomic E-state index is 13.9. The van der Waals surface area contributed by atoms with Crippen LogP contribution < -0.4 is 26.4 Å². The molecule has 3 unspecified atom stereocenters. The Hall–Kier alpha value is -2.58. The van der Waals surface area contributed by atoms with Gasteiger partial charge in [-0.1, -0.05) is 18.2 Å². The van der Waals surface area contributed by atoms with E-state index in [9.17, 15) is 17.9 Å². The van der Waals surface area contributed by atoms with Crippen molar-refractivity contribution in [3.05, 3.63) is 42.0 Å². The summed E-state index contributed by atoms with van der Waals surface area (Å²) in [7, 11) is -4.07. The number of aromatic nitrogens is 2. The normalized spacial score (nSPS) is 23.3. The van der Waals surface area contributed by atoms with Crippen molar-refractivity contribution in [3.8, 4) is 0 Å². The van der Waals surface area contributed by atoms with E-state index >= 15 is 0 Å². The monoisotopic (exact) mass is 439 g/mol. The maximum Gasteiger partial charge on any atom is 0.333 e. The molecule has 0 spiro atoms. The highest BCUT2D eigenvalue weighted by atomic mass is 32.2. The summed E-state index contributed by atoms with van der Waals surface area (Å²) in [5.74, 6) is 0.355. The highest BCUT2D eigenvalue weighted by Crippen LogP contribution is 2.38. The van der Waals surface area contributed by atoms with Gasteiger partial charge in [-0.15, -0.1) is 5.53 Å². The summed E-state index contributed by atoms with van der Waals surface area (Å²) >= 11 is 0. The minimum absolute atomic E-state index is 0.169. The summed E-state index contributed by atoms with van der Waals surface area (Å²) in [4.78, 5) is 8.52. The van der Waals surface area contributed by atoms with E-state index in [1.807, 2.05) is 0 Å². The molecule has 1 aromatic carbocycles. The lowest BCUT2D eigenvalue weighted by Gasteiger charge is -2.24. The van der Waals surface area contributed by atoms with Crippen molar-refractivity contribution in [1.82, 2.24) is 15.5 Å². The number of aliphatic hydroxyl groups excluding tert-OH is 1. The summed E-state index contributed by atoms with van der Waals surface area (Å²) in [5.41, 5.74) is 7.09. The van der Waals surface area contributed by atoms with Crippen molar-refractivity contribution in [2.45, 2.75) is 31.5 Å². The van der Waals surface area contributed by atoms with Crippen LogP contribution >= 0.6 is 0 Å². The first-order chi connectivity index (χ1) is 14.3.